The predicted molar refractivity (Wildman–Crippen MR) is 147 cm³/mol. The average Bonchev–Trinajstić information content (AvgIpc) is 2.91. The fraction of sp³-hybridized carbons (Fsp3) is 0.0645. The molecule has 0 spiro atoms. The quantitative estimate of drug-likeness (QED) is 0.246. The van der Waals surface area contributed by atoms with Gasteiger partial charge in [0.25, 0.3) is 5.56 Å². The van der Waals surface area contributed by atoms with Crippen LogP contribution in [0.3, 0.4) is 0 Å². The number of nitrogens with zero attached hydrogens (tertiary/aromatic N) is 3. The van der Waals surface area contributed by atoms with Crippen LogP contribution in [0, 0.1) is 13.8 Å². The molecule has 0 atom stereocenters. The van der Waals surface area contributed by atoms with Gasteiger partial charge in [-0.3, -0.25) is 4.79 Å². The minimum absolute atomic E-state index is 0.179. The zero-order chi connectivity index (χ0) is 25.1. The zero-order valence-electron chi connectivity index (χ0n) is 20.1. The molecule has 0 aliphatic carbocycles. The molecule has 1 aromatic heterocycles. The monoisotopic (exact) mass is 471 g/mol. The van der Waals surface area contributed by atoms with Crippen LogP contribution in [0.5, 0.6) is 5.88 Å². The van der Waals surface area contributed by atoms with Crippen molar-refractivity contribution in [1.82, 2.24) is 4.57 Å². The first-order chi connectivity index (χ1) is 17.5. The first-order valence-electron chi connectivity index (χ1n) is 11.7. The van der Waals surface area contributed by atoms with Crippen LogP contribution in [0.25, 0.3) is 16.5 Å². The third kappa shape index (κ3) is 4.34. The maximum absolute atomic E-state index is 13.4. The van der Waals surface area contributed by atoms with E-state index in [9.17, 15) is 9.90 Å². The highest BCUT2D eigenvalue weighted by Gasteiger charge is 2.17. The molecule has 0 aliphatic heterocycles. The molecular weight excluding hydrogens is 446 g/mol. The summed E-state index contributed by atoms with van der Waals surface area (Å²) in [6, 6.07) is 32.5. The Morgan fingerprint density at radius 3 is 1.94 bits per heavy atom. The minimum atomic E-state index is -0.290. The van der Waals surface area contributed by atoms with E-state index >= 15 is 0 Å². The molecule has 5 nitrogen and oxygen atoms in total. The lowest BCUT2D eigenvalue weighted by Crippen LogP contribution is -2.20. The Hall–Kier alpha value is -4.77. The molecule has 0 aliphatic rings. The number of aromatic nitrogens is 1. The van der Waals surface area contributed by atoms with Crippen molar-refractivity contribution in [3.63, 3.8) is 0 Å². The number of hydrogen-bond donors (Lipinski definition) is 1. The summed E-state index contributed by atoms with van der Waals surface area (Å²) in [7, 11) is 0. The van der Waals surface area contributed by atoms with Crippen LogP contribution in [0.2, 0.25) is 0 Å². The van der Waals surface area contributed by atoms with E-state index in [4.69, 9.17) is 0 Å². The SMILES string of the molecule is Cc1ccc(-n2c(O)c(/C=N\N=C(c3ccccc3)c3ccccc3)c3ccccc3c2=O)cc1C. The number of fused-ring (bicyclic) bond motifs is 1. The van der Waals surface area contributed by atoms with Crippen molar-refractivity contribution in [1.29, 1.82) is 0 Å². The highest BCUT2D eigenvalue weighted by Crippen LogP contribution is 2.27. The summed E-state index contributed by atoms with van der Waals surface area (Å²) < 4.78 is 1.33. The molecule has 5 heteroatoms. The summed E-state index contributed by atoms with van der Waals surface area (Å²) in [5, 5.41) is 21.3. The van der Waals surface area contributed by atoms with Gasteiger partial charge in [0.1, 0.15) is 5.71 Å². The van der Waals surface area contributed by atoms with Gasteiger partial charge in [-0.05, 0) is 43.2 Å². The Labute approximate surface area is 209 Å². The Balaban J connectivity index is 1.69. The molecule has 1 N–H and O–H groups in total. The van der Waals surface area contributed by atoms with E-state index in [2.05, 4.69) is 10.2 Å². The molecule has 1 heterocycles. The van der Waals surface area contributed by atoms with E-state index in [0.29, 0.717) is 27.7 Å². The second kappa shape index (κ2) is 9.84. The van der Waals surface area contributed by atoms with E-state index in [1.807, 2.05) is 111 Å². The summed E-state index contributed by atoms with van der Waals surface area (Å²) in [6.07, 6.45) is 1.51. The van der Waals surface area contributed by atoms with E-state index in [-0.39, 0.29) is 11.4 Å². The van der Waals surface area contributed by atoms with Gasteiger partial charge in [-0.2, -0.15) is 5.10 Å². The summed E-state index contributed by atoms with van der Waals surface area (Å²) in [6.45, 7) is 3.99. The largest absolute Gasteiger partial charge is 0.494 e. The van der Waals surface area contributed by atoms with Crippen molar-refractivity contribution in [2.45, 2.75) is 13.8 Å². The van der Waals surface area contributed by atoms with Gasteiger partial charge >= 0.3 is 0 Å². The van der Waals surface area contributed by atoms with Crippen LogP contribution in [0.15, 0.2) is 118 Å². The molecule has 5 aromatic rings. The smallest absolute Gasteiger partial charge is 0.265 e. The molecule has 5 rings (SSSR count). The molecule has 4 aromatic carbocycles. The summed E-state index contributed by atoms with van der Waals surface area (Å²) in [5.74, 6) is -0.179. The average molecular weight is 472 g/mol. The normalized spacial score (nSPS) is 11.2. The number of benzene rings is 4. The highest BCUT2D eigenvalue weighted by atomic mass is 16.3. The Morgan fingerprint density at radius 1 is 0.750 bits per heavy atom. The zero-order valence-corrected chi connectivity index (χ0v) is 20.1. The topological polar surface area (TPSA) is 66.9 Å². The molecule has 0 saturated carbocycles. The summed E-state index contributed by atoms with van der Waals surface area (Å²) in [4.78, 5) is 13.4. The number of rotatable bonds is 5. The molecule has 36 heavy (non-hydrogen) atoms. The number of hydrogen-bond acceptors (Lipinski definition) is 4. The minimum Gasteiger partial charge on any atom is -0.494 e. The molecule has 0 unspecified atom stereocenters. The Bertz CT molecular complexity index is 1630. The van der Waals surface area contributed by atoms with E-state index in [0.717, 1.165) is 22.3 Å². The van der Waals surface area contributed by atoms with Crippen molar-refractivity contribution in [2.75, 3.05) is 0 Å². The first-order valence-corrected chi connectivity index (χ1v) is 11.7. The van der Waals surface area contributed by atoms with E-state index in [1.165, 1.54) is 10.8 Å². The van der Waals surface area contributed by atoms with Gasteiger partial charge in [0, 0.05) is 21.9 Å². The maximum atomic E-state index is 13.4. The van der Waals surface area contributed by atoms with Gasteiger partial charge in [0.15, 0.2) is 0 Å². The van der Waals surface area contributed by atoms with Crippen molar-refractivity contribution >= 4 is 22.7 Å². The van der Waals surface area contributed by atoms with Crippen LogP contribution in [0.1, 0.15) is 27.8 Å². The lowest BCUT2D eigenvalue weighted by Gasteiger charge is -2.14. The molecular formula is C31H25N3O2. The van der Waals surface area contributed by atoms with Crippen molar-refractivity contribution in [3.05, 3.63) is 141 Å². The number of aryl methyl sites for hydroxylation is 2. The summed E-state index contributed by atoms with van der Waals surface area (Å²) >= 11 is 0. The predicted octanol–water partition coefficient (Wildman–Crippen LogP) is 6.18. The van der Waals surface area contributed by atoms with Gasteiger partial charge in [-0.15, -0.1) is 5.10 Å². The van der Waals surface area contributed by atoms with Crippen LogP contribution in [-0.2, 0) is 0 Å². The highest BCUT2D eigenvalue weighted by molar-refractivity contribution is 6.13. The molecule has 0 fully saturated rings. The summed E-state index contributed by atoms with van der Waals surface area (Å²) in [5.41, 5.74) is 5.43. The molecule has 0 radical (unpaired) electrons. The van der Waals surface area contributed by atoms with Crippen LogP contribution in [-0.4, -0.2) is 21.6 Å². The van der Waals surface area contributed by atoms with E-state index in [1.54, 1.807) is 6.07 Å². The van der Waals surface area contributed by atoms with Gasteiger partial charge in [0.2, 0.25) is 5.88 Å². The lowest BCUT2D eigenvalue weighted by molar-refractivity contribution is 0.436. The van der Waals surface area contributed by atoms with Gasteiger partial charge in [-0.25, -0.2) is 4.57 Å². The second-order valence-corrected chi connectivity index (χ2v) is 8.62. The Morgan fingerprint density at radius 2 is 1.33 bits per heavy atom. The fourth-order valence-corrected chi connectivity index (χ4v) is 4.21. The van der Waals surface area contributed by atoms with Gasteiger partial charge in [-0.1, -0.05) is 84.9 Å². The number of aromatic hydroxyl groups is 1. The lowest BCUT2D eigenvalue weighted by atomic mass is 10.0. The molecule has 0 bridgehead atoms. The molecule has 176 valence electrons. The van der Waals surface area contributed by atoms with Crippen LogP contribution < -0.4 is 5.56 Å². The van der Waals surface area contributed by atoms with Gasteiger partial charge in [0.05, 0.1) is 17.5 Å². The van der Waals surface area contributed by atoms with Crippen molar-refractivity contribution < 1.29 is 5.11 Å². The van der Waals surface area contributed by atoms with Crippen LogP contribution >= 0.6 is 0 Å². The van der Waals surface area contributed by atoms with E-state index < -0.39 is 0 Å². The van der Waals surface area contributed by atoms with Crippen molar-refractivity contribution in [2.24, 2.45) is 10.2 Å². The van der Waals surface area contributed by atoms with Crippen molar-refractivity contribution in [3.8, 4) is 11.6 Å². The standard InChI is InChI=1S/C31H25N3O2/c1-21-17-18-25(19-22(21)2)34-30(35)27-16-10-9-15-26(27)28(31(34)36)20-32-33-29(23-11-5-3-6-12-23)24-13-7-4-8-14-24/h3-20,36H,1-2H3/b32-20-. The first kappa shape index (κ1) is 23.0. The third-order valence-corrected chi connectivity index (χ3v) is 6.29. The fourth-order valence-electron chi connectivity index (χ4n) is 4.21. The third-order valence-electron chi connectivity index (χ3n) is 6.29. The second-order valence-electron chi connectivity index (χ2n) is 8.62. The van der Waals surface area contributed by atoms with Crippen LogP contribution in [0.4, 0.5) is 0 Å². The molecule has 0 amide bonds. The maximum Gasteiger partial charge on any atom is 0.265 e. The molecule has 0 saturated heterocycles. The van der Waals surface area contributed by atoms with Gasteiger partial charge < -0.3 is 5.11 Å². The Kier molecular flexibility index (Phi) is 6.29. The number of pyridine rings is 1.